The van der Waals surface area contributed by atoms with E-state index in [0.29, 0.717) is 48.3 Å². The molecule has 11 heteroatoms. The van der Waals surface area contributed by atoms with Crippen LogP contribution in [0.1, 0.15) is 25.3 Å². The zero-order chi connectivity index (χ0) is 23.8. The van der Waals surface area contributed by atoms with Crippen LogP contribution in [0.3, 0.4) is 0 Å². The van der Waals surface area contributed by atoms with Crippen molar-refractivity contribution in [3.8, 4) is 0 Å². The molecule has 0 unspecified atom stereocenters. The summed E-state index contributed by atoms with van der Waals surface area (Å²) >= 11 is 0. The second-order valence-electron chi connectivity index (χ2n) is 9.03. The minimum atomic E-state index is -3.37. The maximum atomic E-state index is 12.0. The van der Waals surface area contributed by atoms with Crippen LogP contribution in [-0.2, 0) is 9.84 Å². The summed E-state index contributed by atoms with van der Waals surface area (Å²) in [5.74, 6) is 1.40. The summed E-state index contributed by atoms with van der Waals surface area (Å²) in [6, 6.07) is 6.71. The Bertz CT molecular complexity index is 1150. The molecule has 3 heterocycles. The summed E-state index contributed by atoms with van der Waals surface area (Å²) in [4.78, 5) is 13.7. The first-order chi connectivity index (χ1) is 15.6. The van der Waals surface area contributed by atoms with Crippen LogP contribution in [0.15, 0.2) is 29.2 Å². The molecule has 0 spiro atoms. The van der Waals surface area contributed by atoms with Gasteiger partial charge in [-0.2, -0.15) is 9.97 Å². The summed E-state index contributed by atoms with van der Waals surface area (Å²) in [7, 11) is -1.30. The Hall–Kier alpha value is -2.76. The summed E-state index contributed by atoms with van der Waals surface area (Å²) in [5.41, 5.74) is 0.265. The number of anilines is 4. The van der Waals surface area contributed by atoms with E-state index in [9.17, 15) is 13.5 Å². The number of sulfone groups is 1. The molecule has 1 aromatic heterocycles. The highest BCUT2D eigenvalue weighted by Crippen LogP contribution is 2.34. The number of likely N-dealkylation sites (N-methyl/N-ethyl adjacent to an activating group) is 1. The van der Waals surface area contributed by atoms with Gasteiger partial charge in [0, 0.05) is 43.8 Å². The molecule has 33 heavy (non-hydrogen) atoms. The van der Waals surface area contributed by atoms with Gasteiger partial charge in [0.2, 0.25) is 5.95 Å². The molecule has 4 N–H and O–H groups in total. The van der Waals surface area contributed by atoms with Crippen LogP contribution in [-0.4, -0.2) is 85.7 Å². The van der Waals surface area contributed by atoms with Crippen molar-refractivity contribution in [1.82, 2.24) is 14.9 Å². The topological polar surface area (TPSA) is 135 Å². The van der Waals surface area contributed by atoms with Crippen molar-refractivity contribution in [1.29, 1.82) is 5.41 Å². The second kappa shape index (κ2) is 8.88. The van der Waals surface area contributed by atoms with Crippen molar-refractivity contribution in [3.63, 3.8) is 0 Å². The molecule has 0 aliphatic carbocycles. The molecule has 2 saturated heterocycles. The highest BCUT2D eigenvalue weighted by atomic mass is 32.2. The average Bonchev–Trinajstić information content (AvgIpc) is 3.15. The molecule has 4 rings (SSSR count). The zero-order valence-corrected chi connectivity index (χ0v) is 20.0. The van der Waals surface area contributed by atoms with Crippen molar-refractivity contribution in [2.24, 2.45) is 0 Å². The Morgan fingerprint density at radius 1 is 1.33 bits per heavy atom. The largest absolute Gasteiger partial charge is 0.386 e. The van der Waals surface area contributed by atoms with Crippen LogP contribution in [0.4, 0.5) is 23.3 Å². The lowest BCUT2D eigenvalue weighted by molar-refractivity contribution is 0.00805. The van der Waals surface area contributed by atoms with E-state index in [0.717, 1.165) is 25.8 Å². The van der Waals surface area contributed by atoms with Gasteiger partial charge in [-0.3, -0.25) is 0 Å². The number of aromatic nitrogens is 2. The Kier molecular flexibility index (Phi) is 6.30. The maximum absolute atomic E-state index is 12.0. The minimum Gasteiger partial charge on any atom is -0.386 e. The number of likely N-dealkylation sites (tertiary alicyclic amines) is 1. The predicted molar refractivity (Wildman–Crippen MR) is 130 cm³/mol. The number of hydrogen-bond acceptors (Lipinski definition) is 10. The fourth-order valence-electron chi connectivity index (χ4n) is 4.21. The van der Waals surface area contributed by atoms with Crippen molar-refractivity contribution in [2.45, 2.75) is 36.3 Å². The van der Waals surface area contributed by atoms with E-state index in [2.05, 4.69) is 27.6 Å². The van der Waals surface area contributed by atoms with Crippen LogP contribution >= 0.6 is 0 Å². The number of rotatable bonds is 8. The van der Waals surface area contributed by atoms with Crippen molar-refractivity contribution >= 4 is 39.3 Å². The zero-order valence-electron chi connectivity index (χ0n) is 19.2. The fraction of sp³-hybridized carbons (Fsp3) is 0.500. The van der Waals surface area contributed by atoms with Crippen LogP contribution in [0.25, 0.3) is 0 Å². The van der Waals surface area contributed by atoms with E-state index in [1.807, 2.05) is 11.8 Å². The van der Waals surface area contributed by atoms with Gasteiger partial charge in [-0.15, -0.1) is 0 Å². The Morgan fingerprint density at radius 3 is 2.70 bits per heavy atom. The minimum absolute atomic E-state index is 0.196. The quantitative estimate of drug-likeness (QED) is 0.423. The normalized spacial score (nSPS) is 20.4. The van der Waals surface area contributed by atoms with E-state index in [1.54, 1.807) is 24.3 Å². The van der Waals surface area contributed by atoms with Crippen molar-refractivity contribution < 1.29 is 13.5 Å². The molecular weight excluding hydrogens is 442 g/mol. The molecule has 178 valence electrons. The van der Waals surface area contributed by atoms with Gasteiger partial charge in [-0.1, -0.05) is 13.0 Å². The van der Waals surface area contributed by atoms with Gasteiger partial charge in [-0.25, -0.2) is 8.42 Å². The van der Waals surface area contributed by atoms with Gasteiger partial charge in [0.05, 0.1) is 16.1 Å². The molecule has 1 aromatic carbocycles. The second-order valence-corrected chi connectivity index (χ2v) is 11.0. The van der Waals surface area contributed by atoms with Gasteiger partial charge < -0.3 is 30.9 Å². The third-order valence-corrected chi connectivity index (χ3v) is 7.36. The lowest BCUT2D eigenvalue weighted by atomic mass is 9.91. The Balaban J connectivity index is 1.70. The van der Waals surface area contributed by atoms with E-state index in [1.165, 1.54) is 6.21 Å². The molecule has 10 nitrogen and oxygen atoms in total. The van der Waals surface area contributed by atoms with E-state index in [4.69, 9.17) is 10.4 Å². The van der Waals surface area contributed by atoms with Gasteiger partial charge >= 0.3 is 0 Å². The first-order valence-corrected chi connectivity index (χ1v) is 12.9. The molecule has 0 saturated carbocycles. The number of nitrogens with one attached hydrogen (secondary N) is 3. The molecule has 0 radical (unpaired) electrons. The van der Waals surface area contributed by atoms with E-state index < -0.39 is 15.4 Å². The molecule has 2 aromatic rings. The number of aliphatic hydroxyl groups is 1. The molecule has 2 aliphatic heterocycles. The van der Waals surface area contributed by atoms with Gasteiger partial charge in [0.25, 0.3) is 0 Å². The van der Waals surface area contributed by atoms with Crippen LogP contribution in [0.2, 0.25) is 0 Å². The molecule has 2 aliphatic rings. The van der Waals surface area contributed by atoms with Crippen molar-refractivity contribution in [3.05, 3.63) is 29.8 Å². The Labute approximate surface area is 194 Å². The highest BCUT2D eigenvalue weighted by molar-refractivity contribution is 7.90. The van der Waals surface area contributed by atoms with Crippen molar-refractivity contribution in [2.75, 3.05) is 55.0 Å². The van der Waals surface area contributed by atoms with Gasteiger partial charge in [-0.05, 0) is 44.6 Å². The van der Waals surface area contributed by atoms with Crippen LogP contribution in [0, 0.1) is 5.41 Å². The summed E-state index contributed by atoms with van der Waals surface area (Å²) in [6.45, 7) is 4.66. The number of nitrogens with zero attached hydrogens (tertiary/aromatic N) is 4. The first kappa shape index (κ1) is 23.4. The van der Waals surface area contributed by atoms with Crippen LogP contribution in [0.5, 0.6) is 0 Å². The molecule has 2 fully saturated rings. The highest BCUT2D eigenvalue weighted by Gasteiger charge is 2.41. The molecule has 0 amide bonds. The smallest absolute Gasteiger partial charge is 0.226 e. The van der Waals surface area contributed by atoms with E-state index >= 15 is 0 Å². The number of β-amino-alcohol motifs (C(OH)–C–C–N with tert-alkyl or cyclic N) is 1. The average molecular weight is 474 g/mol. The standard InChI is InChI=1S/C22H31N7O3S/c1-4-22(30)13-29(14-22)20-18(11-23)19(24-15-6-5-7-17(10-15)33(3,31)32)26-21(27-20)25-16-8-9-28(2)12-16/h5-7,10-11,16,23,30H,4,8-9,12-14H2,1-3H3,(H2,24,25,26,27)/t16-/m0/s1. The summed E-state index contributed by atoms with van der Waals surface area (Å²) < 4.78 is 24.0. The SMILES string of the molecule is CCC1(O)CN(c2nc(N[C@H]3CCN(C)C3)nc(Nc3cccc(S(C)(=O)=O)c3)c2C=N)C1. The Morgan fingerprint density at radius 2 is 2.09 bits per heavy atom. The first-order valence-electron chi connectivity index (χ1n) is 11.0. The van der Waals surface area contributed by atoms with Gasteiger partial charge in [0.15, 0.2) is 9.84 Å². The monoisotopic (exact) mass is 473 g/mol. The lowest BCUT2D eigenvalue weighted by Gasteiger charge is -2.47. The fourth-order valence-corrected chi connectivity index (χ4v) is 4.87. The summed E-state index contributed by atoms with van der Waals surface area (Å²) in [5, 5.41) is 25.1. The summed E-state index contributed by atoms with van der Waals surface area (Å²) in [6.07, 6.45) is 3.96. The third-order valence-electron chi connectivity index (χ3n) is 6.25. The predicted octanol–water partition coefficient (Wildman–Crippen LogP) is 1.70. The van der Waals surface area contributed by atoms with E-state index in [-0.39, 0.29) is 10.9 Å². The van der Waals surface area contributed by atoms with Gasteiger partial charge in [0.1, 0.15) is 11.6 Å². The van der Waals surface area contributed by atoms with Crippen LogP contribution < -0.4 is 15.5 Å². The molecular formula is C22H31N7O3S. The third kappa shape index (κ3) is 5.10. The maximum Gasteiger partial charge on any atom is 0.226 e. The molecule has 1 atom stereocenters. The molecule has 0 bridgehead atoms. The number of hydrogen-bond donors (Lipinski definition) is 4. The number of benzene rings is 1. The lowest BCUT2D eigenvalue weighted by Crippen LogP contribution is -2.62.